The molecule has 132 valence electrons. The zero-order valence-electron chi connectivity index (χ0n) is 14.8. The first kappa shape index (κ1) is 17.5. The van der Waals surface area contributed by atoms with Crippen molar-refractivity contribution in [2.45, 2.75) is 57.8 Å². The number of hydrogen-bond acceptors (Lipinski definition) is 3. The molecule has 3 rings (SSSR count). The molecule has 24 heavy (non-hydrogen) atoms. The van der Waals surface area contributed by atoms with Crippen molar-refractivity contribution < 1.29 is 9.59 Å². The Morgan fingerprint density at radius 1 is 1.12 bits per heavy atom. The molecule has 0 bridgehead atoms. The van der Waals surface area contributed by atoms with E-state index in [9.17, 15) is 9.59 Å². The smallest absolute Gasteiger partial charge is 0.261 e. The summed E-state index contributed by atoms with van der Waals surface area (Å²) in [5.74, 6) is 0.136. The normalized spacial score (nSPS) is 19.4. The maximum Gasteiger partial charge on any atom is 0.261 e. The quantitative estimate of drug-likeness (QED) is 0.907. The van der Waals surface area contributed by atoms with Gasteiger partial charge in [0.15, 0.2) is 0 Å². The Labute approximate surface area is 148 Å². The number of hydrogen-bond donors (Lipinski definition) is 1. The topological polar surface area (TPSA) is 49.4 Å². The highest BCUT2D eigenvalue weighted by Gasteiger charge is 2.45. The van der Waals surface area contributed by atoms with Gasteiger partial charge in [-0.1, -0.05) is 19.3 Å². The van der Waals surface area contributed by atoms with Gasteiger partial charge >= 0.3 is 0 Å². The molecule has 2 aliphatic carbocycles. The lowest BCUT2D eigenvalue weighted by Gasteiger charge is -2.41. The van der Waals surface area contributed by atoms with Gasteiger partial charge in [-0.3, -0.25) is 9.59 Å². The van der Waals surface area contributed by atoms with Crippen molar-refractivity contribution in [1.29, 1.82) is 0 Å². The van der Waals surface area contributed by atoms with Crippen LogP contribution in [-0.4, -0.2) is 37.4 Å². The van der Waals surface area contributed by atoms with Crippen LogP contribution in [0.3, 0.4) is 0 Å². The zero-order valence-corrected chi connectivity index (χ0v) is 15.6. The van der Waals surface area contributed by atoms with Crippen molar-refractivity contribution in [3.63, 3.8) is 0 Å². The first-order valence-electron chi connectivity index (χ1n) is 9.13. The zero-order chi connectivity index (χ0) is 17.2. The molecular formula is C19H28N2O2S. The van der Waals surface area contributed by atoms with Gasteiger partial charge < -0.3 is 10.2 Å². The second kappa shape index (κ2) is 7.26. The second-order valence-corrected chi connectivity index (χ2v) is 8.63. The Morgan fingerprint density at radius 2 is 1.83 bits per heavy atom. The van der Waals surface area contributed by atoms with Crippen LogP contribution in [0.4, 0.5) is 0 Å². The highest BCUT2D eigenvalue weighted by atomic mass is 32.1. The molecule has 0 unspecified atom stereocenters. The van der Waals surface area contributed by atoms with Crippen LogP contribution in [0.1, 0.15) is 65.1 Å². The fourth-order valence-electron chi connectivity index (χ4n) is 3.84. The second-order valence-electron chi connectivity index (χ2n) is 7.49. The van der Waals surface area contributed by atoms with E-state index in [0.29, 0.717) is 6.54 Å². The maximum atomic E-state index is 12.6. The van der Waals surface area contributed by atoms with Crippen molar-refractivity contribution in [2.24, 2.45) is 5.41 Å². The molecular weight excluding hydrogens is 320 g/mol. The number of carbonyl (C=O) groups is 2. The van der Waals surface area contributed by atoms with Gasteiger partial charge in [0.2, 0.25) is 5.91 Å². The summed E-state index contributed by atoms with van der Waals surface area (Å²) in [4.78, 5) is 28.9. The molecule has 5 heteroatoms. The molecule has 0 spiro atoms. The number of thiophene rings is 1. The van der Waals surface area contributed by atoms with E-state index in [-0.39, 0.29) is 17.2 Å². The van der Waals surface area contributed by atoms with Gasteiger partial charge in [-0.2, -0.15) is 0 Å². The van der Waals surface area contributed by atoms with Crippen LogP contribution in [-0.2, 0) is 17.6 Å². The van der Waals surface area contributed by atoms with Gasteiger partial charge in [0.05, 0.1) is 10.3 Å². The average Bonchev–Trinajstić information content (AvgIpc) is 2.88. The number of amides is 2. The van der Waals surface area contributed by atoms with E-state index < -0.39 is 0 Å². The molecule has 1 saturated carbocycles. The van der Waals surface area contributed by atoms with E-state index in [1.165, 1.54) is 36.1 Å². The molecule has 1 fully saturated rings. The third kappa shape index (κ3) is 3.51. The molecule has 1 N–H and O–H groups in total. The molecule has 0 radical (unpaired) electrons. The minimum Gasteiger partial charge on any atom is -0.350 e. The lowest BCUT2D eigenvalue weighted by atomic mass is 9.67. The van der Waals surface area contributed by atoms with Gasteiger partial charge in [-0.25, -0.2) is 0 Å². The van der Waals surface area contributed by atoms with E-state index in [2.05, 4.69) is 11.4 Å². The number of carbonyl (C=O) groups excluding carboxylic acids is 2. The van der Waals surface area contributed by atoms with Gasteiger partial charge in [-0.05, 0) is 50.2 Å². The predicted octanol–water partition coefficient (Wildman–Crippen LogP) is 3.40. The van der Waals surface area contributed by atoms with Crippen LogP contribution in [0, 0.1) is 5.41 Å². The van der Waals surface area contributed by atoms with Crippen LogP contribution in [0.15, 0.2) is 6.07 Å². The van der Waals surface area contributed by atoms with E-state index in [1.807, 2.05) is 0 Å². The van der Waals surface area contributed by atoms with E-state index >= 15 is 0 Å². The molecule has 0 aliphatic heterocycles. The highest BCUT2D eigenvalue weighted by molar-refractivity contribution is 7.14. The Balaban J connectivity index is 1.65. The van der Waals surface area contributed by atoms with E-state index in [0.717, 1.165) is 37.0 Å². The first-order valence-corrected chi connectivity index (χ1v) is 9.95. The Kier molecular flexibility index (Phi) is 5.28. The monoisotopic (exact) mass is 348 g/mol. The van der Waals surface area contributed by atoms with Gasteiger partial charge in [-0.15, -0.1) is 11.3 Å². The number of aryl methyl sites for hydroxylation is 2. The summed E-state index contributed by atoms with van der Waals surface area (Å²) in [6.45, 7) is 0.464. The van der Waals surface area contributed by atoms with Gasteiger partial charge in [0.1, 0.15) is 0 Å². The molecule has 0 saturated heterocycles. The summed E-state index contributed by atoms with van der Waals surface area (Å²) in [6, 6.07) is 2.09. The minimum atomic E-state index is -0.370. The number of fused-ring (bicyclic) bond motifs is 1. The van der Waals surface area contributed by atoms with Crippen LogP contribution in [0.5, 0.6) is 0 Å². The lowest BCUT2D eigenvalue weighted by molar-refractivity contribution is -0.144. The Bertz CT molecular complexity index is 591. The minimum absolute atomic E-state index is 0.00965. The van der Waals surface area contributed by atoms with Crippen molar-refractivity contribution in [2.75, 3.05) is 20.6 Å². The standard InChI is InChI=1S/C19H28N2O2S/c1-21(2)18(23)19(10-7-11-19)13-20-17(22)16-12-14-8-5-3-4-6-9-15(14)24-16/h12H,3-11,13H2,1-2H3,(H,20,22). The predicted molar refractivity (Wildman–Crippen MR) is 97.5 cm³/mol. The van der Waals surface area contributed by atoms with Crippen molar-refractivity contribution in [1.82, 2.24) is 10.2 Å². The third-order valence-electron chi connectivity index (χ3n) is 5.48. The number of rotatable bonds is 4. The van der Waals surface area contributed by atoms with Crippen molar-refractivity contribution in [3.8, 4) is 0 Å². The Morgan fingerprint density at radius 3 is 2.46 bits per heavy atom. The number of nitrogens with zero attached hydrogens (tertiary/aromatic N) is 1. The van der Waals surface area contributed by atoms with E-state index in [4.69, 9.17) is 0 Å². The Hall–Kier alpha value is -1.36. The van der Waals surface area contributed by atoms with Crippen LogP contribution in [0.2, 0.25) is 0 Å². The van der Waals surface area contributed by atoms with E-state index in [1.54, 1.807) is 30.3 Å². The summed E-state index contributed by atoms with van der Waals surface area (Å²) in [5.41, 5.74) is 0.998. The summed E-state index contributed by atoms with van der Waals surface area (Å²) < 4.78 is 0. The SMILES string of the molecule is CN(C)C(=O)C1(CNC(=O)c2cc3c(s2)CCCCCC3)CCC1. The molecule has 0 aromatic carbocycles. The van der Waals surface area contributed by atoms with Crippen LogP contribution >= 0.6 is 11.3 Å². The van der Waals surface area contributed by atoms with Crippen molar-refractivity contribution >= 4 is 23.2 Å². The van der Waals surface area contributed by atoms with Crippen LogP contribution < -0.4 is 5.32 Å². The van der Waals surface area contributed by atoms with Crippen LogP contribution in [0.25, 0.3) is 0 Å². The molecule has 1 aromatic rings. The summed E-state index contributed by atoms with van der Waals surface area (Å²) in [7, 11) is 3.59. The maximum absolute atomic E-state index is 12.6. The molecule has 2 aliphatic rings. The fourth-order valence-corrected chi connectivity index (χ4v) is 5.01. The molecule has 2 amide bonds. The summed E-state index contributed by atoms with van der Waals surface area (Å²) >= 11 is 1.65. The largest absolute Gasteiger partial charge is 0.350 e. The third-order valence-corrected chi connectivity index (χ3v) is 6.71. The molecule has 1 aromatic heterocycles. The molecule has 1 heterocycles. The highest BCUT2D eigenvalue weighted by Crippen LogP contribution is 2.41. The van der Waals surface area contributed by atoms with Gasteiger partial charge in [0.25, 0.3) is 5.91 Å². The number of nitrogens with one attached hydrogen (secondary N) is 1. The molecule has 0 atom stereocenters. The summed E-state index contributed by atoms with van der Waals surface area (Å²) in [6.07, 6.45) is 10.1. The average molecular weight is 349 g/mol. The van der Waals surface area contributed by atoms with Crippen molar-refractivity contribution in [3.05, 3.63) is 21.4 Å². The van der Waals surface area contributed by atoms with Gasteiger partial charge in [0, 0.05) is 25.5 Å². The lowest BCUT2D eigenvalue weighted by Crippen LogP contribution is -2.51. The fraction of sp³-hybridized carbons (Fsp3) is 0.684. The molecule has 4 nitrogen and oxygen atoms in total. The summed E-state index contributed by atoms with van der Waals surface area (Å²) in [5, 5.41) is 3.04. The first-order chi connectivity index (χ1) is 11.5.